The fraction of sp³-hybridized carbons (Fsp3) is 0.357. The zero-order valence-corrected chi connectivity index (χ0v) is 18.9. The highest BCUT2D eigenvalue weighted by Gasteiger charge is 2.22. The molecule has 0 amide bonds. The summed E-state index contributed by atoms with van der Waals surface area (Å²) in [5.74, 6) is 1.86. The molecule has 1 fully saturated rings. The van der Waals surface area contributed by atoms with Crippen LogP contribution in [0.4, 0.5) is 0 Å². The van der Waals surface area contributed by atoms with Crippen LogP contribution >= 0.6 is 0 Å². The Kier molecular flexibility index (Phi) is 7.81. The minimum atomic E-state index is 0.0290. The van der Waals surface area contributed by atoms with E-state index < -0.39 is 0 Å². The van der Waals surface area contributed by atoms with E-state index in [1.807, 2.05) is 25.2 Å². The summed E-state index contributed by atoms with van der Waals surface area (Å²) in [5.41, 5.74) is 3.71. The molecular weight excluding hydrogens is 396 g/mol. The van der Waals surface area contributed by atoms with E-state index in [4.69, 9.17) is 4.74 Å². The van der Waals surface area contributed by atoms with Crippen LogP contribution in [0.2, 0.25) is 0 Å². The summed E-state index contributed by atoms with van der Waals surface area (Å²) in [5, 5.41) is 13.1. The van der Waals surface area contributed by atoms with Gasteiger partial charge in [0.25, 0.3) is 0 Å². The highest BCUT2D eigenvalue weighted by atomic mass is 16.5. The largest absolute Gasteiger partial charge is 0.508 e. The summed E-state index contributed by atoms with van der Waals surface area (Å²) < 4.78 is 6.58. The topological polar surface area (TPSA) is 44.7 Å². The van der Waals surface area contributed by atoms with Gasteiger partial charge in [-0.2, -0.15) is 0 Å². The Morgan fingerprint density at radius 2 is 1.72 bits per heavy atom. The SMILES string of the molecule is CNCCC(Oc1ccccc1CN1CCC(c2cccc(O)c2)CC1)c1ccccc1. The van der Waals surface area contributed by atoms with Gasteiger partial charge in [0.1, 0.15) is 17.6 Å². The number of hydrogen-bond acceptors (Lipinski definition) is 4. The van der Waals surface area contributed by atoms with Crippen molar-refractivity contribution in [3.63, 3.8) is 0 Å². The molecule has 1 aliphatic rings. The quantitative estimate of drug-likeness (QED) is 0.470. The molecule has 32 heavy (non-hydrogen) atoms. The Morgan fingerprint density at radius 1 is 0.969 bits per heavy atom. The first-order chi connectivity index (χ1) is 15.7. The zero-order chi connectivity index (χ0) is 22.2. The first-order valence-corrected chi connectivity index (χ1v) is 11.7. The monoisotopic (exact) mass is 430 g/mol. The van der Waals surface area contributed by atoms with E-state index in [2.05, 4.69) is 64.8 Å². The fourth-order valence-corrected chi connectivity index (χ4v) is 4.58. The number of likely N-dealkylation sites (tertiary alicyclic amines) is 1. The first-order valence-electron chi connectivity index (χ1n) is 11.7. The molecule has 1 unspecified atom stereocenters. The number of rotatable bonds is 9. The fourth-order valence-electron chi connectivity index (χ4n) is 4.58. The molecule has 1 saturated heterocycles. The molecule has 4 rings (SSSR count). The van der Waals surface area contributed by atoms with Crippen LogP contribution in [0.5, 0.6) is 11.5 Å². The smallest absolute Gasteiger partial charge is 0.125 e. The highest BCUT2D eigenvalue weighted by Crippen LogP contribution is 2.32. The highest BCUT2D eigenvalue weighted by molar-refractivity contribution is 5.35. The van der Waals surface area contributed by atoms with Gasteiger partial charge in [-0.05, 0) is 74.8 Å². The lowest BCUT2D eigenvalue weighted by molar-refractivity contribution is 0.179. The summed E-state index contributed by atoms with van der Waals surface area (Å²) in [7, 11) is 1.98. The summed E-state index contributed by atoms with van der Waals surface area (Å²) in [6.45, 7) is 3.91. The van der Waals surface area contributed by atoms with Crippen LogP contribution in [0.15, 0.2) is 78.9 Å². The molecule has 1 heterocycles. The van der Waals surface area contributed by atoms with E-state index in [0.29, 0.717) is 11.7 Å². The Labute approximate surface area is 191 Å². The second-order valence-electron chi connectivity index (χ2n) is 8.66. The molecule has 0 spiro atoms. The number of benzene rings is 3. The number of hydrogen-bond donors (Lipinski definition) is 2. The summed E-state index contributed by atoms with van der Waals surface area (Å²) in [6, 6.07) is 26.7. The molecule has 1 atom stereocenters. The molecule has 0 radical (unpaired) electrons. The van der Waals surface area contributed by atoms with Crippen molar-refractivity contribution >= 4 is 0 Å². The number of nitrogens with zero attached hydrogens (tertiary/aromatic N) is 1. The van der Waals surface area contributed by atoms with Crippen LogP contribution < -0.4 is 10.1 Å². The third-order valence-electron chi connectivity index (χ3n) is 6.39. The van der Waals surface area contributed by atoms with Crippen molar-refractivity contribution in [3.05, 3.63) is 95.6 Å². The van der Waals surface area contributed by atoms with Gasteiger partial charge in [-0.3, -0.25) is 4.90 Å². The maximum absolute atomic E-state index is 9.80. The number of phenols is 1. The lowest BCUT2D eigenvalue weighted by atomic mass is 9.89. The number of aromatic hydroxyl groups is 1. The van der Waals surface area contributed by atoms with Gasteiger partial charge in [0.15, 0.2) is 0 Å². The molecule has 0 aromatic heterocycles. The molecule has 1 aliphatic heterocycles. The molecule has 4 heteroatoms. The lowest BCUT2D eigenvalue weighted by Crippen LogP contribution is -2.32. The standard InChI is InChI=1S/C28H34N2O2/c1-29-17-14-28(23-8-3-2-4-9-23)32-27-13-6-5-10-25(27)21-30-18-15-22(16-19-30)24-11-7-12-26(31)20-24/h2-13,20,22,28-29,31H,14-19,21H2,1H3. The first kappa shape index (κ1) is 22.4. The van der Waals surface area contributed by atoms with E-state index in [0.717, 1.165) is 51.2 Å². The number of ether oxygens (including phenoxy) is 1. The average molecular weight is 431 g/mol. The predicted octanol–water partition coefficient (Wildman–Crippen LogP) is 5.50. The van der Waals surface area contributed by atoms with Crippen molar-refractivity contribution in [2.24, 2.45) is 0 Å². The van der Waals surface area contributed by atoms with Crippen LogP contribution in [0.1, 0.15) is 48.0 Å². The Bertz CT molecular complexity index is 968. The van der Waals surface area contributed by atoms with E-state index >= 15 is 0 Å². The second-order valence-corrected chi connectivity index (χ2v) is 8.66. The zero-order valence-electron chi connectivity index (χ0n) is 18.9. The van der Waals surface area contributed by atoms with Crippen molar-refractivity contribution in [1.82, 2.24) is 10.2 Å². The van der Waals surface area contributed by atoms with Crippen LogP contribution in [0.3, 0.4) is 0 Å². The van der Waals surface area contributed by atoms with E-state index in [1.54, 1.807) is 6.07 Å². The van der Waals surface area contributed by atoms with Gasteiger partial charge >= 0.3 is 0 Å². The predicted molar refractivity (Wildman–Crippen MR) is 130 cm³/mol. The molecule has 3 aromatic rings. The maximum atomic E-state index is 9.80. The number of nitrogens with one attached hydrogen (secondary N) is 1. The van der Waals surface area contributed by atoms with Gasteiger partial charge in [0.2, 0.25) is 0 Å². The molecule has 0 bridgehead atoms. The van der Waals surface area contributed by atoms with Crippen molar-refractivity contribution < 1.29 is 9.84 Å². The van der Waals surface area contributed by atoms with Gasteiger partial charge in [-0.1, -0.05) is 60.7 Å². The summed E-state index contributed by atoms with van der Waals surface area (Å²) in [6.07, 6.45) is 3.17. The van der Waals surface area contributed by atoms with Gasteiger partial charge < -0.3 is 15.2 Å². The molecule has 2 N–H and O–H groups in total. The molecule has 3 aromatic carbocycles. The molecular formula is C28H34N2O2. The van der Waals surface area contributed by atoms with Crippen LogP contribution in [0.25, 0.3) is 0 Å². The van der Waals surface area contributed by atoms with Gasteiger partial charge in [0.05, 0.1) is 0 Å². The third-order valence-corrected chi connectivity index (χ3v) is 6.39. The van der Waals surface area contributed by atoms with Gasteiger partial charge in [-0.15, -0.1) is 0 Å². The Hall–Kier alpha value is -2.82. The van der Waals surface area contributed by atoms with Crippen molar-refractivity contribution in [2.45, 2.75) is 37.8 Å². The van der Waals surface area contributed by atoms with Crippen molar-refractivity contribution in [3.8, 4) is 11.5 Å². The number of para-hydroxylation sites is 1. The lowest BCUT2D eigenvalue weighted by Gasteiger charge is -2.33. The summed E-state index contributed by atoms with van der Waals surface area (Å²) in [4.78, 5) is 2.52. The van der Waals surface area contributed by atoms with E-state index in [-0.39, 0.29) is 6.10 Å². The van der Waals surface area contributed by atoms with Crippen LogP contribution in [0, 0.1) is 0 Å². The molecule has 0 saturated carbocycles. The van der Waals surface area contributed by atoms with Crippen LogP contribution in [-0.4, -0.2) is 36.7 Å². The van der Waals surface area contributed by atoms with Gasteiger partial charge in [-0.25, -0.2) is 0 Å². The summed E-state index contributed by atoms with van der Waals surface area (Å²) >= 11 is 0. The van der Waals surface area contributed by atoms with Crippen molar-refractivity contribution in [1.29, 1.82) is 0 Å². The second kappa shape index (κ2) is 11.2. The van der Waals surface area contributed by atoms with E-state index in [9.17, 15) is 5.11 Å². The Balaban J connectivity index is 1.41. The van der Waals surface area contributed by atoms with E-state index in [1.165, 1.54) is 16.7 Å². The van der Waals surface area contributed by atoms with Crippen LogP contribution in [-0.2, 0) is 6.54 Å². The maximum Gasteiger partial charge on any atom is 0.125 e. The normalized spacial score (nSPS) is 16.0. The number of piperidine rings is 1. The minimum absolute atomic E-state index is 0.0290. The molecule has 168 valence electrons. The average Bonchev–Trinajstić information content (AvgIpc) is 2.84. The molecule has 4 nitrogen and oxygen atoms in total. The molecule has 0 aliphatic carbocycles. The number of phenolic OH excluding ortho intramolecular Hbond substituents is 1. The Morgan fingerprint density at radius 3 is 2.47 bits per heavy atom. The minimum Gasteiger partial charge on any atom is -0.508 e. The van der Waals surface area contributed by atoms with Gasteiger partial charge in [0, 0.05) is 18.5 Å². The van der Waals surface area contributed by atoms with Crippen molar-refractivity contribution in [2.75, 3.05) is 26.7 Å². The third kappa shape index (κ3) is 5.90.